The maximum absolute atomic E-state index is 13.2. The first-order chi connectivity index (χ1) is 15.6. The number of nitrogens with zero attached hydrogens (tertiary/aromatic N) is 2. The van der Waals surface area contributed by atoms with E-state index in [1.807, 2.05) is 45.9 Å². The number of carbonyl (C=O) groups is 3. The zero-order chi connectivity index (χ0) is 24.0. The summed E-state index contributed by atoms with van der Waals surface area (Å²) in [5.74, 6) is -1.54. The lowest BCUT2D eigenvalue weighted by Gasteiger charge is -2.27. The van der Waals surface area contributed by atoms with Gasteiger partial charge in [0.15, 0.2) is 0 Å². The Balaban J connectivity index is 1.80. The Morgan fingerprint density at radius 3 is 2.33 bits per heavy atom. The molecule has 1 N–H and O–H groups in total. The van der Waals surface area contributed by atoms with Crippen LogP contribution in [0.2, 0.25) is 10.0 Å². The number of benzene rings is 2. The number of rotatable bonds is 3. The topological polar surface area (TPSA) is 71.4 Å². The highest BCUT2D eigenvalue weighted by molar-refractivity contribution is 6.46. The quantitative estimate of drug-likeness (QED) is 0.386. The Kier molecular flexibility index (Phi) is 5.91. The highest BCUT2D eigenvalue weighted by atomic mass is 35.5. The Morgan fingerprint density at radius 1 is 0.909 bits per heavy atom. The summed E-state index contributed by atoms with van der Waals surface area (Å²) in [4.78, 5) is 39.2. The van der Waals surface area contributed by atoms with Gasteiger partial charge in [0.05, 0.1) is 15.7 Å². The van der Waals surface area contributed by atoms with Gasteiger partial charge in [0.1, 0.15) is 5.57 Å². The summed E-state index contributed by atoms with van der Waals surface area (Å²) >= 11 is 12.3. The van der Waals surface area contributed by atoms with Gasteiger partial charge in [-0.3, -0.25) is 14.9 Å². The van der Waals surface area contributed by atoms with E-state index in [-0.39, 0.29) is 21.3 Å². The second kappa shape index (κ2) is 8.54. The third-order valence-corrected chi connectivity index (χ3v) is 6.45. The fourth-order valence-corrected chi connectivity index (χ4v) is 4.44. The lowest BCUT2D eigenvalue weighted by Crippen LogP contribution is -2.54. The van der Waals surface area contributed by atoms with Crippen LogP contribution in [0.4, 0.5) is 10.5 Å². The smallest absolute Gasteiger partial charge is 0.318 e. The van der Waals surface area contributed by atoms with Gasteiger partial charge in [-0.25, -0.2) is 9.69 Å². The van der Waals surface area contributed by atoms with Crippen molar-refractivity contribution in [3.05, 3.63) is 86.2 Å². The molecule has 4 amide bonds. The molecule has 0 bridgehead atoms. The van der Waals surface area contributed by atoms with Crippen LogP contribution < -0.4 is 10.2 Å². The van der Waals surface area contributed by atoms with Gasteiger partial charge in [0.25, 0.3) is 11.8 Å². The minimum atomic E-state index is -0.882. The average molecular weight is 482 g/mol. The van der Waals surface area contributed by atoms with Crippen LogP contribution in [0.15, 0.2) is 48.0 Å². The maximum Gasteiger partial charge on any atom is 0.336 e. The summed E-state index contributed by atoms with van der Waals surface area (Å²) in [5.41, 5.74) is 5.71. The van der Waals surface area contributed by atoms with E-state index in [4.69, 9.17) is 23.2 Å². The van der Waals surface area contributed by atoms with Crippen LogP contribution in [0.5, 0.6) is 0 Å². The summed E-state index contributed by atoms with van der Waals surface area (Å²) in [5, 5.41) is 2.45. The zero-order valence-electron chi connectivity index (χ0n) is 18.5. The van der Waals surface area contributed by atoms with Crippen LogP contribution in [0.3, 0.4) is 0 Å². The molecule has 0 radical (unpaired) electrons. The first-order valence-corrected chi connectivity index (χ1v) is 11.0. The molecule has 0 saturated carbocycles. The monoisotopic (exact) mass is 481 g/mol. The number of amides is 4. The molecular formula is C25H21Cl2N3O3. The fraction of sp³-hybridized carbons (Fsp3) is 0.160. The van der Waals surface area contributed by atoms with Gasteiger partial charge in [0, 0.05) is 17.1 Å². The van der Waals surface area contributed by atoms with Gasteiger partial charge in [-0.15, -0.1) is 0 Å². The number of imide groups is 2. The number of barbiturate groups is 1. The second-order valence-electron chi connectivity index (χ2n) is 7.98. The molecule has 4 rings (SSSR count). The van der Waals surface area contributed by atoms with Crippen LogP contribution in [0.1, 0.15) is 28.1 Å². The lowest BCUT2D eigenvalue weighted by molar-refractivity contribution is -0.122. The SMILES string of the molecule is Cc1ccc(-n2c(C)cc(/C=C3\C(=O)NC(=O)N(c4cccc(Cl)c4Cl)C3=O)c2C)c(C)c1. The standard InChI is InChI=1S/C25H21Cl2N3O3/c1-13-8-9-20(14(2)10-13)29-15(3)11-17(16(29)4)12-18-23(31)28-25(33)30(24(18)32)21-7-5-6-19(26)22(21)27/h5-12H,1-4H3,(H,28,31,33)/b18-12+. The van der Waals surface area contributed by atoms with Gasteiger partial charge >= 0.3 is 6.03 Å². The largest absolute Gasteiger partial charge is 0.336 e. The fourth-order valence-electron chi connectivity index (χ4n) is 4.06. The van der Waals surface area contributed by atoms with E-state index in [0.717, 1.165) is 33.1 Å². The molecule has 1 fully saturated rings. The first-order valence-electron chi connectivity index (χ1n) is 10.2. The molecule has 33 heavy (non-hydrogen) atoms. The second-order valence-corrected chi connectivity index (χ2v) is 8.77. The van der Waals surface area contributed by atoms with Crippen molar-refractivity contribution in [1.29, 1.82) is 0 Å². The number of urea groups is 1. The number of anilines is 1. The van der Waals surface area contributed by atoms with Crippen molar-refractivity contribution in [2.45, 2.75) is 27.7 Å². The first kappa shape index (κ1) is 22.8. The molecule has 3 aromatic rings. The number of nitrogens with one attached hydrogen (secondary N) is 1. The van der Waals surface area contributed by atoms with E-state index in [2.05, 4.69) is 16.0 Å². The van der Waals surface area contributed by atoms with E-state index < -0.39 is 17.8 Å². The third kappa shape index (κ3) is 3.96. The Labute approximate surface area is 201 Å². The minimum absolute atomic E-state index is 0.0457. The predicted octanol–water partition coefficient (Wildman–Crippen LogP) is 5.68. The molecule has 0 atom stereocenters. The van der Waals surface area contributed by atoms with E-state index in [0.29, 0.717) is 5.56 Å². The lowest BCUT2D eigenvalue weighted by atomic mass is 10.1. The number of aromatic nitrogens is 1. The van der Waals surface area contributed by atoms with Gasteiger partial charge in [-0.1, -0.05) is 47.0 Å². The molecule has 1 aromatic heterocycles. The summed E-state index contributed by atoms with van der Waals surface area (Å²) in [6, 6.07) is 11.8. The number of carbonyl (C=O) groups excluding carboxylic acids is 3. The van der Waals surface area contributed by atoms with Gasteiger partial charge in [-0.05, 0) is 69.2 Å². The van der Waals surface area contributed by atoms with Crippen molar-refractivity contribution in [2.24, 2.45) is 0 Å². The molecule has 0 aliphatic carbocycles. The minimum Gasteiger partial charge on any atom is -0.318 e. The van der Waals surface area contributed by atoms with Crippen LogP contribution in [-0.4, -0.2) is 22.4 Å². The average Bonchev–Trinajstić information content (AvgIpc) is 3.01. The van der Waals surface area contributed by atoms with Gasteiger partial charge in [0.2, 0.25) is 0 Å². The third-order valence-electron chi connectivity index (χ3n) is 5.64. The summed E-state index contributed by atoms with van der Waals surface area (Å²) in [6.07, 6.45) is 1.50. The molecule has 2 aromatic carbocycles. The highest BCUT2D eigenvalue weighted by Gasteiger charge is 2.38. The van der Waals surface area contributed by atoms with Crippen molar-refractivity contribution < 1.29 is 14.4 Å². The number of aryl methyl sites for hydroxylation is 3. The molecule has 1 aliphatic rings. The molecule has 8 heteroatoms. The predicted molar refractivity (Wildman–Crippen MR) is 130 cm³/mol. The van der Waals surface area contributed by atoms with Crippen molar-refractivity contribution in [3.63, 3.8) is 0 Å². The van der Waals surface area contributed by atoms with Crippen molar-refractivity contribution in [3.8, 4) is 5.69 Å². The highest BCUT2D eigenvalue weighted by Crippen LogP contribution is 2.34. The van der Waals surface area contributed by atoms with E-state index >= 15 is 0 Å². The summed E-state index contributed by atoms with van der Waals surface area (Å²) in [7, 11) is 0. The van der Waals surface area contributed by atoms with Gasteiger partial charge in [-0.2, -0.15) is 0 Å². The molecular weight excluding hydrogens is 461 g/mol. The molecule has 6 nitrogen and oxygen atoms in total. The Morgan fingerprint density at radius 2 is 1.64 bits per heavy atom. The van der Waals surface area contributed by atoms with E-state index in [1.54, 1.807) is 12.1 Å². The molecule has 0 spiro atoms. The number of hydrogen-bond acceptors (Lipinski definition) is 3. The number of halogens is 2. The van der Waals surface area contributed by atoms with Crippen LogP contribution in [-0.2, 0) is 9.59 Å². The van der Waals surface area contributed by atoms with Crippen molar-refractivity contribution in [2.75, 3.05) is 4.90 Å². The normalized spacial score (nSPS) is 15.4. The van der Waals surface area contributed by atoms with Crippen LogP contribution in [0.25, 0.3) is 11.8 Å². The molecule has 168 valence electrons. The van der Waals surface area contributed by atoms with E-state index in [1.165, 1.54) is 12.1 Å². The molecule has 1 aliphatic heterocycles. The zero-order valence-corrected chi connectivity index (χ0v) is 20.0. The molecule has 2 heterocycles. The van der Waals surface area contributed by atoms with Gasteiger partial charge < -0.3 is 4.57 Å². The molecule has 0 unspecified atom stereocenters. The number of hydrogen-bond donors (Lipinski definition) is 1. The summed E-state index contributed by atoms with van der Waals surface area (Å²) < 4.78 is 2.07. The Bertz CT molecular complexity index is 1370. The maximum atomic E-state index is 13.2. The summed E-state index contributed by atoms with van der Waals surface area (Å²) in [6.45, 7) is 7.95. The van der Waals surface area contributed by atoms with Crippen molar-refractivity contribution >= 4 is 52.8 Å². The van der Waals surface area contributed by atoms with Crippen LogP contribution in [0, 0.1) is 27.7 Å². The Hall–Kier alpha value is -3.35. The van der Waals surface area contributed by atoms with E-state index in [9.17, 15) is 14.4 Å². The van der Waals surface area contributed by atoms with Crippen molar-refractivity contribution in [1.82, 2.24) is 9.88 Å². The van der Waals surface area contributed by atoms with Crippen LogP contribution >= 0.6 is 23.2 Å². The molecule has 1 saturated heterocycles.